The maximum absolute atomic E-state index is 14.5. The minimum absolute atomic E-state index is 0.0944. The van der Waals surface area contributed by atoms with Crippen LogP contribution < -0.4 is 26.0 Å². The molecule has 0 spiro atoms. The van der Waals surface area contributed by atoms with Crippen molar-refractivity contribution in [3.63, 3.8) is 0 Å². The van der Waals surface area contributed by atoms with E-state index in [1.807, 2.05) is 6.07 Å². The summed E-state index contributed by atoms with van der Waals surface area (Å²) in [6.07, 6.45) is 7.36. The molecule has 0 atom stereocenters. The molecule has 0 aromatic carbocycles. The van der Waals surface area contributed by atoms with Crippen LogP contribution >= 0.6 is 0 Å². The minimum Gasteiger partial charge on any atom is -0.474 e. The second kappa shape index (κ2) is 9.53. The average Bonchev–Trinajstić information content (AvgIpc) is 2.85. The van der Waals surface area contributed by atoms with Crippen LogP contribution in [-0.2, 0) is 4.79 Å². The van der Waals surface area contributed by atoms with Crippen molar-refractivity contribution in [1.29, 1.82) is 0 Å². The number of carbonyl (C=O) groups is 1. The SMILES string of the molecule is CC1(C)Oc2ccc(Nc3nc(Nc4cnccc4NC4CCC(O)CC4)ncc3F)nc2NC1=O. The highest BCUT2D eigenvalue weighted by molar-refractivity contribution is 5.99. The fourth-order valence-electron chi connectivity index (χ4n) is 4.08. The van der Waals surface area contributed by atoms with E-state index >= 15 is 0 Å². The third-order valence-corrected chi connectivity index (χ3v) is 6.12. The van der Waals surface area contributed by atoms with Gasteiger partial charge >= 0.3 is 0 Å². The van der Waals surface area contributed by atoms with Gasteiger partial charge in [-0.15, -0.1) is 0 Å². The van der Waals surface area contributed by atoms with Crippen molar-refractivity contribution in [3.05, 3.63) is 42.6 Å². The van der Waals surface area contributed by atoms with Crippen LogP contribution in [0.3, 0.4) is 0 Å². The van der Waals surface area contributed by atoms with Gasteiger partial charge in [-0.2, -0.15) is 4.98 Å². The number of aromatic nitrogens is 4. The van der Waals surface area contributed by atoms with Crippen LogP contribution in [0.5, 0.6) is 5.75 Å². The minimum atomic E-state index is -1.01. The van der Waals surface area contributed by atoms with Gasteiger partial charge in [0.25, 0.3) is 5.91 Å². The van der Waals surface area contributed by atoms with E-state index in [2.05, 4.69) is 41.2 Å². The normalized spacial score (nSPS) is 20.5. The summed E-state index contributed by atoms with van der Waals surface area (Å²) in [6, 6.07) is 5.31. The second-order valence-corrected chi connectivity index (χ2v) is 9.32. The standard InChI is InChI=1S/C24H27FN8O3/c1-24(2)22(35)32-21-18(36-24)7-8-19(31-21)30-20-15(25)11-27-23(33-20)29-17-12-26-10-9-16(17)28-13-3-5-14(34)6-4-13/h7-14,34H,3-6H2,1-2H3,(H,26,28)(H3,27,29,30,31,32,33,35). The number of pyridine rings is 2. The van der Waals surface area contributed by atoms with Crippen LogP contribution in [0, 0.1) is 5.82 Å². The van der Waals surface area contributed by atoms with Crippen LogP contribution in [0.15, 0.2) is 36.8 Å². The first-order valence-electron chi connectivity index (χ1n) is 11.7. The third kappa shape index (κ3) is 5.13. The van der Waals surface area contributed by atoms with Gasteiger partial charge in [-0.25, -0.2) is 14.4 Å². The van der Waals surface area contributed by atoms with Crippen molar-refractivity contribution >= 4 is 40.7 Å². The fourth-order valence-corrected chi connectivity index (χ4v) is 4.08. The lowest BCUT2D eigenvalue weighted by Crippen LogP contribution is -2.46. The number of nitrogens with zero attached hydrogens (tertiary/aromatic N) is 4. The Labute approximate surface area is 206 Å². The van der Waals surface area contributed by atoms with E-state index in [0.717, 1.165) is 37.6 Å². The third-order valence-electron chi connectivity index (χ3n) is 6.12. The van der Waals surface area contributed by atoms with Crippen molar-refractivity contribution < 1.29 is 19.0 Å². The highest BCUT2D eigenvalue weighted by atomic mass is 19.1. The highest BCUT2D eigenvalue weighted by Crippen LogP contribution is 2.34. The molecule has 4 heterocycles. The Bertz CT molecular complexity index is 1280. The summed E-state index contributed by atoms with van der Waals surface area (Å²) in [4.78, 5) is 29.0. The first-order chi connectivity index (χ1) is 17.3. The lowest BCUT2D eigenvalue weighted by Gasteiger charge is -2.30. The molecule has 12 heteroatoms. The summed E-state index contributed by atoms with van der Waals surface area (Å²) in [5.74, 6) is -0.0212. The Hall–Kier alpha value is -4.06. The van der Waals surface area contributed by atoms with Crippen molar-refractivity contribution in [3.8, 4) is 5.75 Å². The molecule has 0 unspecified atom stereocenters. The molecule has 5 rings (SSSR count). The number of aliphatic hydroxyl groups excluding tert-OH is 1. The van der Waals surface area contributed by atoms with Crippen molar-refractivity contribution in [1.82, 2.24) is 19.9 Å². The molecule has 188 valence electrons. The number of nitrogens with one attached hydrogen (secondary N) is 4. The Morgan fingerprint density at radius 2 is 1.89 bits per heavy atom. The zero-order valence-electron chi connectivity index (χ0n) is 19.9. The van der Waals surface area contributed by atoms with Gasteiger partial charge in [0.2, 0.25) is 5.95 Å². The number of hydrogen-bond donors (Lipinski definition) is 5. The molecule has 1 aliphatic carbocycles. The first-order valence-corrected chi connectivity index (χ1v) is 11.7. The van der Waals surface area contributed by atoms with E-state index in [4.69, 9.17) is 4.74 Å². The molecule has 1 amide bonds. The van der Waals surface area contributed by atoms with Crippen LogP contribution in [0.1, 0.15) is 39.5 Å². The quantitative estimate of drug-likeness (QED) is 0.344. The van der Waals surface area contributed by atoms with E-state index < -0.39 is 11.4 Å². The number of carbonyl (C=O) groups excluding carboxylic acids is 1. The molecular weight excluding hydrogens is 467 g/mol. The smallest absolute Gasteiger partial charge is 0.269 e. The molecule has 36 heavy (non-hydrogen) atoms. The molecule has 11 nitrogen and oxygen atoms in total. The Morgan fingerprint density at radius 1 is 1.08 bits per heavy atom. The van der Waals surface area contributed by atoms with E-state index in [-0.39, 0.29) is 41.5 Å². The van der Waals surface area contributed by atoms with Gasteiger partial charge in [0.05, 0.1) is 29.9 Å². The van der Waals surface area contributed by atoms with Gasteiger partial charge in [0.1, 0.15) is 5.82 Å². The summed E-state index contributed by atoms with van der Waals surface area (Å²) in [7, 11) is 0. The van der Waals surface area contributed by atoms with Crippen molar-refractivity contribution in [2.75, 3.05) is 21.3 Å². The summed E-state index contributed by atoms with van der Waals surface area (Å²) in [5.41, 5.74) is 0.431. The first kappa shape index (κ1) is 23.7. The number of halogens is 1. The lowest BCUT2D eigenvalue weighted by atomic mass is 9.93. The molecule has 0 radical (unpaired) electrons. The molecule has 5 N–H and O–H groups in total. The molecule has 2 aliphatic rings. The number of hydrogen-bond acceptors (Lipinski definition) is 10. The number of rotatable bonds is 6. The van der Waals surface area contributed by atoms with E-state index in [1.165, 1.54) is 0 Å². The van der Waals surface area contributed by atoms with Gasteiger partial charge in [-0.3, -0.25) is 9.78 Å². The summed E-state index contributed by atoms with van der Waals surface area (Å²) < 4.78 is 20.2. The summed E-state index contributed by atoms with van der Waals surface area (Å²) >= 11 is 0. The summed E-state index contributed by atoms with van der Waals surface area (Å²) in [6.45, 7) is 3.32. The fraction of sp³-hybridized carbons (Fsp3) is 0.375. The predicted octanol–water partition coefficient (Wildman–Crippen LogP) is 3.72. The van der Waals surface area contributed by atoms with Crippen LogP contribution in [0.4, 0.5) is 39.2 Å². The molecule has 0 saturated heterocycles. The van der Waals surface area contributed by atoms with Crippen LogP contribution in [0.25, 0.3) is 0 Å². The largest absolute Gasteiger partial charge is 0.474 e. The van der Waals surface area contributed by atoms with Crippen molar-refractivity contribution in [2.24, 2.45) is 0 Å². The number of anilines is 6. The molecule has 1 saturated carbocycles. The predicted molar refractivity (Wildman–Crippen MR) is 132 cm³/mol. The van der Waals surface area contributed by atoms with E-state index in [9.17, 15) is 14.3 Å². The Balaban J connectivity index is 1.32. The number of aliphatic hydroxyl groups is 1. The van der Waals surface area contributed by atoms with E-state index in [0.29, 0.717) is 11.4 Å². The van der Waals surface area contributed by atoms with Gasteiger partial charge in [-0.05, 0) is 57.7 Å². The maximum Gasteiger partial charge on any atom is 0.269 e. The van der Waals surface area contributed by atoms with Gasteiger partial charge in [-0.1, -0.05) is 0 Å². The molecular formula is C24H27FN8O3. The second-order valence-electron chi connectivity index (χ2n) is 9.32. The van der Waals surface area contributed by atoms with Gasteiger partial charge < -0.3 is 31.1 Å². The Kier molecular flexibility index (Phi) is 6.27. The molecule has 0 bridgehead atoms. The average molecular weight is 495 g/mol. The molecule has 3 aromatic heterocycles. The van der Waals surface area contributed by atoms with Gasteiger partial charge in [0.15, 0.2) is 28.8 Å². The van der Waals surface area contributed by atoms with Gasteiger partial charge in [0, 0.05) is 12.2 Å². The topological polar surface area (TPSA) is 146 Å². The molecule has 1 fully saturated rings. The Morgan fingerprint density at radius 3 is 2.69 bits per heavy atom. The molecule has 3 aromatic rings. The van der Waals surface area contributed by atoms with Crippen LogP contribution in [-0.4, -0.2) is 48.7 Å². The van der Waals surface area contributed by atoms with Crippen molar-refractivity contribution in [2.45, 2.75) is 57.3 Å². The lowest BCUT2D eigenvalue weighted by molar-refractivity contribution is -0.129. The van der Waals surface area contributed by atoms with E-state index in [1.54, 1.807) is 38.4 Å². The highest BCUT2D eigenvalue weighted by Gasteiger charge is 2.36. The van der Waals surface area contributed by atoms with Crippen LogP contribution in [0.2, 0.25) is 0 Å². The molecule has 1 aliphatic heterocycles. The number of fused-ring (bicyclic) bond motifs is 1. The number of ether oxygens (including phenoxy) is 1. The maximum atomic E-state index is 14.5. The zero-order chi connectivity index (χ0) is 25.3. The summed E-state index contributed by atoms with van der Waals surface area (Å²) in [5, 5.41) is 21.8. The zero-order valence-corrected chi connectivity index (χ0v) is 19.9. The number of amides is 1. The monoisotopic (exact) mass is 494 g/mol.